The van der Waals surface area contributed by atoms with Crippen LogP contribution < -0.4 is 15.4 Å². The van der Waals surface area contributed by atoms with Crippen molar-refractivity contribution in [2.75, 3.05) is 24.3 Å². The number of carbonyl (C=O) groups excluding carboxylic acids is 2. The molecular weight excluding hydrogens is 394 g/mol. The molecule has 3 amide bonds. The van der Waals surface area contributed by atoms with E-state index in [1.54, 1.807) is 42.5 Å². The maximum absolute atomic E-state index is 12.9. The highest BCUT2D eigenvalue weighted by molar-refractivity contribution is 5.99. The molecule has 2 aromatic carbocycles. The van der Waals surface area contributed by atoms with Crippen molar-refractivity contribution in [1.82, 2.24) is 14.7 Å². The monoisotopic (exact) mass is 419 g/mol. The van der Waals surface area contributed by atoms with Crippen LogP contribution in [0, 0.1) is 0 Å². The summed E-state index contributed by atoms with van der Waals surface area (Å²) in [6.45, 7) is 1.16. The highest BCUT2D eigenvalue weighted by Gasteiger charge is 2.34. The molecular formula is C23H25N5O3. The molecule has 31 heavy (non-hydrogen) atoms. The van der Waals surface area contributed by atoms with Gasteiger partial charge in [-0.2, -0.15) is 5.10 Å². The number of ether oxygens (including phenoxy) is 1. The Balaban J connectivity index is 1.38. The summed E-state index contributed by atoms with van der Waals surface area (Å²) >= 11 is 0. The standard InChI is InChI=1S/C23H25N5O3/c1-31-20-10-8-18(9-11-20)25-22(29)21-7-3-14-28(21)23(30)26-19-6-2-5-17(15-19)16-27-13-4-12-24-27/h2,4-6,8-13,15,21H,3,7,14,16H2,1H3,(H,25,29)(H,26,30)/t21-/m1/s1. The highest BCUT2D eigenvalue weighted by Crippen LogP contribution is 2.22. The Morgan fingerprint density at radius 1 is 1.10 bits per heavy atom. The minimum Gasteiger partial charge on any atom is -0.497 e. The van der Waals surface area contributed by atoms with E-state index in [0.29, 0.717) is 30.9 Å². The first-order valence-electron chi connectivity index (χ1n) is 10.2. The lowest BCUT2D eigenvalue weighted by atomic mass is 10.2. The topological polar surface area (TPSA) is 88.5 Å². The van der Waals surface area contributed by atoms with Crippen LogP contribution in [0.25, 0.3) is 0 Å². The number of nitrogens with zero attached hydrogens (tertiary/aromatic N) is 3. The van der Waals surface area contributed by atoms with Crippen LogP contribution in [0.2, 0.25) is 0 Å². The average molecular weight is 419 g/mol. The summed E-state index contributed by atoms with van der Waals surface area (Å²) in [5.41, 5.74) is 2.39. The molecule has 1 saturated heterocycles. The number of benzene rings is 2. The molecule has 8 heteroatoms. The van der Waals surface area contributed by atoms with Gasteiger partial charge in [-0.3, -0.25) is 9.48 Å². The average Bonchev–Trinajstić information content (AvgIpc) is 3.47. The summed E-state index contributed by atoms with van der Waals surface area (Å²) in [7, 11) is 1.59. The summed E-state index contributed by atoms with van der Waals surface area (Å²) in [6, 6.07) is 15.9. The summed E-state index contributed by atoms with van der Waals surface area (Å²) in [6.07, 6.45) is 5.04. The molecule has 3 aromatic rings. The first kappa shape index (κ1) is 20.5. The zero-order valence-corrected chi connectivity index (χ0v) is 17.3. The second-order valence-electron chi connectivity index (χ2n) is 7.40. The summed E-state index contributed by atoms with van der Waals surface area (Å²) in [5.74, 6) is 0.528. The molecule has 1 atom stereocenters. The molecule has 2 N–H and O–H groups in total. The van der Waals surface area contributed by atoms with E-state index in [-0.39, 0.29) is 11.9 Å². The molecule has 4 rings (SSSR count). The molecule has 1 fully saturated rings. The third-order valence-corrected chi connectivity index (χ3v) is 5.26. The lowest BCUT2D eigenvalue weighted by molar-refractivity contribution is -0.119. The van der Waals surface area contributed by atoms with Crippen molar-refractivity contribution in [2.45, 2.75) is 25.4 Å². The van der Waals surface area contributed by atoms with Crippen LogP contribution in [0.15, 0.2) is 67.0 Å². The van der Waals surface area contributed by atoms with E-state index >= 15 is 0 Å². The van der Waals surface area contributed by atoms with Gasteiger partial charge in [-0.15, -0.1) is 0 Å². The Kier molecular flexibility index (Phi) is 6.16. The molecule has 0 aliphatic carbocycles. The lowest BCUT2D eigenvalue weighted by Crippen LogP contribution is -2.45. The first-order valence-corrected chi connectivity index (χ1v) is 10.2. The van der Waals surface area contributed by atoms with Crippen LogP contribution in [0.5, 0.6) is 5.75 Å². The number of urea groups is 1. The van der Waals surface area contributed by atoms with E-state index in [2.05, 4.69) is 15.7 Å². The van der Waals surface area contributed by atoms with Gasteiger partial charge in [0.25, 0.3) is 0 Å². The molecule has 0 bridgehead atoms. The van der Waals surface area contributed by atoms with E-state index < -0.39 is 6.04 Å². The zero-order valence-electron chi connectivity index (χ0n) is 17.3. The molecule has 1 aliphatic rings. The molecule has 160 valence electrons. The van der Waals surface area contributed by atoms with Gasteiger partial charge in [0.05, 0.1) is 13.7 Å². The van der Waals surface area contributed by atoms with Crippen molar-refractivity contribution in [1.29, 1.82) is 0 Å². The normalized spacial score (nSPS) is 15.5. The number of carbonyl (C=O) groups is 2. The molecule has 0 saturated carbocycles. The number of rotatable bonds is 6. The van der Waals surface area contributed by atoms with Crippen molar-refractivity contribution in [2.24, 2.45) is 0 Å². The van der Waals surface area contributed by atoms with Gasteiger partial charge in [-0.25, -0.2) is 4.79 Å². The van der Waals surface area contributed by atoms with E-state index in [1.165, 1.54) is 0 Å². The minimum atomic E-state index is -0.505. The zero-order chi connectivity index (χ0) is 21.6. The van der Waals surface area contributed by atoms with E-state index in [0.717, 1.165) is 17.7 Å². The van der Waals surface area contributed by atoms with Gasteiger partial charge in [0.15, 0.2) is 0 Å². The summed E-state index contributed by atoms with van der Waals surface area (Å²) in [4.78, 5) is 27.3. The summed E-state index contributed by atoms with van der Waals surface area (Å²) < 4.78 is 6.96. The van der Waals surface area contributed by atoms with Gasteiger partial charge in [0.2, 0.25) is 5.91 Å². The van der Waals surface area contributed by atoms with Crippen LogP contribution >= 0.6 is 0 Å². The number of hydrogen-bond acceptors (Lipinski definition) is 4. The van der Waals surface area contributed by atoms with Crippen molar-refractivity contribution in [3.8, 4) is 5.75 Å². The quantitative estimate of drug-likeness (QED) is 0.639. The third kappa shape index (κ3) is 5.03. The number of anilines is 2. The molecule has 0 unspecified atom stereocenters. The van der Waals surface area contributed by atoms with Gasteiger partial charge in [-0.1, -0.05) is 12.1 Å². The SMILES string of the molecule is COc1ccc(NC(=O)[C@H]2CCCN2C(=O)Nc2cccc(Cn3cccn3)c2)cc1. The maximum atomic E-state index is 12.9. The Morgan fingerprint density at radius 2 is 1.94 bits per heavy atom. The predicted octanol–water partition coefficient (Wildman–Crippen LogP) is 3.58. The van der Waals surface area contributed by atoms with Crippen LogP contribution in [-0.2, 0) is 11.3 Å². The second kappa shape index (κ2) is 9.34. The molecule has 1 aliphatic heterocycles. The van der Waals surface area contributed by atoms with Gasteiger partial charge < -0.3 is 20.3 Å². The fourth-order valence-corrected chi connectivity index (χ4v) is 3.71. The van der Waals surface area contributed by atoms with Gasteiger partial charge in [-0.05, 0) is 60.9 Å². The lowest BCUT2D eigenvalue weighted by Gasteiger charge is -2.24. The Labute approximate surface area is 180 Å². The maximum Gasteiger partial charge on any atom is 0.322 e. The number of amides is 3. The number of likely N-dealkylation sites (tertiary alicyclic amines) is 1. The van der Waals surface area contributed by atoms with Crippen LogP contribution in [-0.4, -0.2) is 46.3 Å². The fraction of sp³-hybridized carbons (Fsp3) is 0.261. The van der Waals surface area contributed by atoms with Crippen LogP contribution in [0.3, 0.4) is 0 Å². The molecule has 0 spiro atoms. The van der Waals surface area contributed by atoms with Crippen molar-refractivity contribution in [3.05, 3.63) is 72.6 Å². The van der Waals surface area contributed by atoms with E-state index in [4.69, 9.17) is 4.74 Å². The Bertz CT molecular complexity index is 1030. The van der Waals surface area contributed by atoms with Gasteiger partial charge in [0, 0.05) is 30.3 Å². The van der Waals surface area contributed by atoms with Gasteiger partial charge in [0.1, 0.15) is 11.8 Å². The second-order valence-corrected chi connectivity index (χ2v) is 7.40. The fourth-order valence-electron chi connectivity index (χ4n) is 3.71. The number of aromatic nitrogens is 2. The van der Waals surface area contributed by atoms with Crippen molar-refractivity contribution >= 4 is 23.3 Å². The number of hydrogen-bond donors (Lipinski definition) is 2. The van der Waals surface area contributed by atoms with Crippen molar-refractivity contribution in [3.63, 3.8) is 0 Å². The molecule has 2 heterocycles. The number of methoxy groups -OCH3 is 1. The Morgan fingerprint density at radius 3 is 2.68 bits per heavy atom. The molecule has 0 radical (unpaired) electrons. The Hall–Kier alpha value is -3.81. The van der Waals surface area contributed by atoms with E-state index in [1.807, 2.05) is 41.2 Å². The van der Waals surface area contributed by atoms with Crippen LogP contribution in [0.1, 0.15) is 18.4 Å². The predicted molar refractivity (Wildman–Crippen MR) is 118 cm³/mol. The summed E-state index contributed by atoms with van der Waals surface area (Å²) in [5, 5.41) is 10.0. The van der Waals surface area contributed by atoms with E-state index in [9.17, 15) is 9.59 Å². The molecule has 8 nitrogen and oxygen atoms in total. The first-order chi connectivity index (χ1) is 15.1. The largest absolute Gasteiger partial charge is 0.497 e. The minimum absolute atomic E-state index is 0.190. The van der Waals surface area contributed by atoms with Crippen molar-refractivity contribution < 1.29 is 14.3 Å². The van der Waals surface area contributed by atoms with Gasteiger partial charge >= 0.3 is 6.03 Å². The highest BCUT2D eigenvalue weighted by atomic mass is 16.5. The molecule has 1 aromatic heterocycles. The smallest absolute Gasteiger partial charge is 0.322 e. The number of nitrogens with one attached hydrogen (secondary N) is 2. The third-order valence-electron chi connectivity index (χ3n) is 5.26. The van der Waals surface area contributed by atoms with Crippen LogP contribution in [0.4, 0.5) is 16.2 Å².